The minimum absolute atomic E-state index is 0. The molecule has 4 aromatic carbocycles. The molecule has 6 heteroatoms. The molecule has 5 nitrogen and oxygen atoms in total. The number of hydrogen-bond acceptors (Lipinski definition) is 3. The Bertz CT molecular complexity index is 1420. The fourth-order valence-corrected chi connectivity index (χ4v) is 5.69. The van der Waals surface area contributed by atoms with Crippen molar-refractivity contribution in [3.8, 4) is 0 Å². The Hall–Kier alpha value is -3.90. The SMILES string of the molecule is C=CC[C@@]1([N-]C(=O)OC(C)(C)C)C(=O)N(C(c2ccccc2)(c2ccccc2)c2ccccc2)c2ccccc21.[Ag+]. The Kier molecular flexibility index (Phi) is 8.74. The van der Waals surface area contributed by atoms with Crippen molar-refractivity contribution in [3.63, 3.8) is 0 Å². The topological polar surface area (TPSA) is 60.7 Å². The Morgan fingerprint density at radius 1 is 0.805 bits per heavy atom. The van der Waals surface area contributed by atoms with E-state index in [0.717, 1.165) is 16.7 Å². The third-order valence-corrected chi connectivity index (χ3v) is 7.17. The van der Waals surface area contributed by atoms with E-state index in [2.05, 4.69) is 11.9 Å². The molecule has 0 spiro atoms. The Balaban J connectivity index is 0.00000387. The first-order chi connectivity index (χ1) is 19.2. The van der Waals surface area contributed by atoms with Crippen LogP contribution in [-0.4, -0.2) is 17.6 Å². The maximum absolute atomic E-state index is 15.1. The van der Waals surface area contributed by atoms with Gasteiger partial charge in [0, 0.05) is 11.2 Å². The zero-order chi connectivity index (χ0) is 28.4. The zero-order valence-electron chi connectivity index (χ0n) is 23.4. The maximum atomic E-state index is 15.1. The third-order valence-electron chi connectivity index (χ3n) is 7.17. The molecule has 0 aromatic heterocycles. The third kappa shape index (κ3) is 5.29. The van der Waals surface area contributed by atoms with Crippen LogP contribution in [-0.2, 0) is 43.0 Å². The summed E-state index contributed by atoms with van der Waals surface area (Å²) in [4.78, 5) is 30.2. The largest absolute Gasteiger partial charge is 1.00 e. The fourth-order valence-electron chi connectivity index (χ4n) is 5.69. The van der Waals surface area contributed by atoms with Crippen molar-refractivity contribution >= 4 is 17.7 Å². The number of anilines is 1. The van der Waals surface area contributed by atoms with E-state index in [1.54, 1.807) is 26.8 Å². The van der Waals surface area contributed by atoms with Gasteiger partial charge < -0.3 is 10.1 Å². The predicted molar refractivity (Wildman–Crippen MR) is 159 cm³/mol. The summed E-state index contributed by atoms with van der Waals surface area (Å²) in [5.74, 6) is -0.323. The molecule has 0 saturated carbocycles. The molecule has 1 aliphatic heterocycles. The van der Waals surface area contributed by atoms with Gasteiger partial charge in [0.05, 0.1) is 0 Å². The summed E-state index contributed by atoms with van der Waals surface area (Å²) in [5.41, 5.74) is 0.662. The predicted octanol–water partition coefficient (Wildman–Crippen LogP) is 8.10. The first kappa shape index (κ1) is 30.1. The van der Waals surface area contributed by atoms with Gasteiger partial charge >= 0.3 is 22.4 Å². The molecule has 2 amide bonds. The molecule has 0 unspecified atom stereocenters. The normalized spacial score (nSPS) is 16.4. The number of fused-ring (bicyclic) bond motifs is 1. The summed E-state index contributed by atoms with van der Waals surface area (Å²) in [6, 6.07) is 37.5. The zero-order valence-corrected chi connectivity index (χ0v) is 24.9. The fraction of sp³-hybridized carbons (Fsp3) is 0.200. The number of hydrogen-bond donors (Lipinski definition) is 0. The van der Waals surface area contributed by atoms with Crippen molar-refractivity contribution in [1.82, 2.24) is 0 Å². The molecule has 0 radical (unpaired) electrons. The Labute approximate surface area is 257 Å². The maximum Gasteiger partial charge on any atom is 1.00 e. The molecule has 0 saturated heterocycles. The monoisotopic (exact) mass is 636 g/mol. The smallest absolute Gasteiger partial charge is 0.600 e. The van der Waals surface area contributed by atoms with Gasteiger partial charge in [-0.05, 0) is 55.5 Å². The molecule has 212 valence electrons. The van der Waals surface area contributed by atoms with Crippen LogP contribution in [0.4, 0.5) is 10.5 Å². The molecule has 1 heterocycles. The van der Waals surface area contributed by atoms with Crippen molar-refractivity contribution in [3.05, 3.63) is 155 Å². The van der Waals surface area contributed by atoms with E-state index < -0.39 is 22.8 Å². The van der Waals surface area contributed by atoms with Crippen LogP contribution >= 0.6 is 0 Å². The van der Waals surface area contributed by atoms with Gasteiger partial charge in [-0.3, -0.25) is 14.5 Å². The number of para-hydroxylation sites is 1. The minimum Gasteiger partial charge on any atom is -0.600 e. The Morgan fingerprint density at radius 3 is 1.68 bits per heavy atom. The van der Waals surface area contributed by atoms with E-state index in [9.17, 15) is 4.79 Å². The molecule has 5 rings (SSSR count). The molecular weight excluding hydrogens is 604 g/mol. The van der Waals surface area contributed by atoms with Gasteiger partial charge in [0.2, 0.25) is 12.0 Å². The molecule has 1 atom stereocenters. The number of nitrogens with zero attached hydrogens (tertiary/aromatic N) is 2. The summed E-state index contributed by atoms with van der Waals surface area (Å²) in [6.45, 7) is 9.28. The minimum atomic E-state index is -1.54. The van der Waals surface area contributed by atoms with Crippen molar-refractivity contribution in [2.24, 2.45) is 0 Å². The number of ether oxygens (including phenoxy) is 1. The van der Waals surface area contributed by atoms with Gasteiger partial charge in [0.25, 0.3) is 0 Å². The van der Waals surface area contributed by atoms with Gasteiger partial charge in [-0.15, -0.1) is 6.58 Å². The van der Waals surface area contributed by atoms with Gasteiger partial charge in [-0.25, -0.2) is 0 Å². The van der Waals surface area contributed by atoms with Crippen molar-refractivity contribution in [1.29, 1.82) is 0 Å². The van der Waals surface area contributed by atoms with Gasteiger partial charge in [-0.1, -0.05) is 115 Å². The van der Waals surface area contributed by atoms with E-state index in [0.29, 0.717) is 11.3 Å². The van der Waals surface area contributed by atoms with E-state index in [-0.39, 0.29) is 34.7 Å². The molecule has 1 aliphatic rings. The van der Waals surface area contributed by atoms with Crippen LogP contribution in [0.15, 0.2) is 128 Å². The van der Waals surface area contributed by atoms with Crippen LogP contribution in [0.5, 0.6) is 0 Å². The second kappa shape index (κ2) is 11.9. The molecular formula is C35H33AgN2O3. The average Bonchev–Trinajstić information content (AvgIpc) is 3.18. The first-order valence-electron chi connectivity index (χ1n) is 13.4. The second-order valence-electron chi connectivity index (χ2n) is 10.9. The van der Waals surface area contributed by atoms with E-state index in [1.165, 1.54) is 0 Å². The number of rotatable bonds is 7. The number of benzene rings is 4. The average molecular weight is 638 g/mol. The second-order valence-corrected chi connectivity index (χ2v) is 10.9. The van der Waals surface area contributed by atoms with Crippen LogP contribution in [0.25, 0.3) is 5.32 Å². The van der Waals surface area contributed by atoms with Gasteiger partial charge in [-0.2, -0.15) is 0 Å². The molecule has 0 fully saturated rings. The Morgan fingerprint density at radius 2 is 1.24 bits per heavy atom. The van der Waals surface area contributed by atoms with E-state index >= 15 is 4.79 Å². The van der Waals surface area contributed by atoms with Crippen LogP contribution in [0.2, 0.25) is 0 Å². The van der Waals surface area contributed by atoms with Crippen molar-refractivity contribution in [2.45, 2.75) is 43.9 Å². The van der Waals surface area contributed by atoms with Gasteiger partial charge in [0.15, 0.2) is 0 Å². The number of amides is 2. The summed E-state index contributed by atoms with van der Waals surface area (Å²) < 4.78 is 5.60. The molecule has 4 aromatic rings. The molecule has 41 heavy (non-hydrogen) atoms. The van der Waals surface area contributed by atoms with Crippen molar-refractivity contribution in [2.75, 3.05) is 4.90 Å². The van der Waals surface area contributed by atoms with Crippen LogP contribution in [0.3, 0.4) is 0 Å². The molecule has 0 aliphatic carbocycles. The quantitative estimate of drug-likeness (QED) is 0.117. The summed E-state index contributed by atoms with van der Waals surface area (Å²) in [6.07, 6.45) is 0.984. The summed E-state index contributed by atoms with van der Waals surface area (Å²) in [5, 5.41) is 4.53. The molecule has 0 bridgehead atoms. The van der Waals surface area contributed by atoms with E-state index in [4.69, 9.17) is 4.74 Å². The number of carbonyl (C=O) groups excluding carboxylic acids is 2. The van der Waals surface area contributed by atoms with Crippen LogP contribution in [0.1, 0.15) is 49.4 Å². The van der Waals surface area contributed by atoms with Gasteiger partial charge in [0.1, 0.15) is 11.1 Å². The molecule has 0 N–H and O–H groups in total. The van der Waals surface area contributed by atoms with Crippen LogP contribution < -0.4 is 4.90 Å². The van der Waals surface area contributed by atoms with E-state index in [1.807, 2.05) is 120 Å². The first-order valence-corrected chi connectivity index (χ1v) is 13.4. The number of carbonyl (C=O) groups is 2. The standard InChI is InChI=1S/C35H34N2O3.Ag/c1-5-25-34(36-32(39)40-33(2,3)4)29-23-15-16-24-30(29)37(31(34)38)35(26-17-9-6-10-18-26,27-19-11-7-12-20-27)28-21-13-8-14-22-28;/h5-24H,1,25H2,2-4H3,(H,36,39);/q;+1/p-1/t34-;/m0./s1. The van der Waals surface area contributed by atoms with Crippen LogP contribution in [0, 0.1) is 0 Å². The van der Waals surface area contributed by atoms with Crippen molar-refractivity contribution < 1.29 is 36.7 Å². The summed E-state index contributed by atoms with van der Waals surface area (Å²) >= 11 is 0. The summed E-state index contributed by atoms with van der Waals surface area (Å²) in [7, 11) is 0.